The lowest BCUT2D eigenvalue weighted by Crippen LogP contribution is -2.44. The summed E-state index contributed by atoms with van der Waals surface area (Å²) in [5.41, 5.74) is 7.60. The van der Waals surface area contributed by atoms with Gasteiger partial charge in [-0.25, -0.2) is 14.2 Å². The van der Waals surface area contributed by atoms with Gasteiger partial charge < -0.3 is 25.4 Å². The Morgan fingerprint density at radius 1 is 0.973 bits per heavy atom. The molecule has 4 N–H and O–H groups in total. The van der Waals surface area contributed by atoms with Crippen LogP contribution in [0.25, 0.3) is 33.2 Å². The van der Waals surface area contributed by atoms with Crippen LogP contribution in [0, 0.1) is 23.6 Å². The number of hydrogen-bond acceptors (Lipinski definition) is 9. The van der Waals surface area contributed by atoms with Crippen molar-refractivity contribution in [3.8, 4) is 23.1 Å². The summed E-state index contributed by atoms with van der Waals surface area (Å²) in [5.74, 6) is 4.60. The number of fused-ring (bicyclic) bond motifs is 2. The maximum Gasteiger partial charge on any atom is 0.416 e. The number of amides is 4. The number of nitrogens with zero attached hydrogens (tertiary/aromatic N) is 7. The highest BCUT2D eigenvalue weighted by atomic mass is 19.4. The van der Waals surface area contributed by atoms with E-state index < -0.39 is 35.4 Å². The van der Waals surface area contributed by atoms with E-state index in [1.807, 2.05) is 31.2 Å². The van der Waals surface area contributed by atoms with Crippen LogP contribution in [0.3, 0.4) is 0 Å². The van der Waals surface area contributed by atoms with E-state index in [2.05, 4.69) is 38.2 Å². The number of imidazole rings is 1. The molecule has 4 amide bonds. The summed E-state index contributed by atoms with van der Waals surface area (Å²) in [5, 5.41) is 10.3. The Labute approximate surface area is 424 Å². The van der Waals surface area contributed by atoms with Crippen LogP contribution >= 0.6 is 0 Å². The number of halogens is 4. The number of hydrogen-bond donors (Lipinski definition) is 3. The monoisotopic (exact) mass is 1020 g/mol. The van der Waals surface area contributed by atoms with Crippen LogP contribution in [0.1, 0.15) is 88.9 Å². The van der Waals surface area contributed by atoms with Crippen molar-refractivity contribution >= 4 is 70.1 Å². The number of nitrogens with two attached hydrogens (primary N) is 1. The molecule has 6 aromatic rings. The molecule has 2 aliphatic heterocycles. The van der Waals surface area contributed by atoms with Crippen molar-refractivity contribution in [3.05, 3.63) is 117 Å². The second-order valence-electron chi connectivity index (χ2n) is 18.1. The Balaban J connectivity index is 0.00000395. The van der Waals surface area contributed by atoms with Crippen LogP contribution in [0.15, 0.2) is 82.7 Å². The first-order chi connectivity index (χ1) is 35.5. The van der Waals surface area contributed by atoms with E-state index in [0.29, 0.717) is 53.2 Å². The number of rotatable bonds is 15. The van der Waals surface area contributed by atoms with Gasteiger partial charge in [0.05, 0.1) is 38.9 Å². The zero-order chi connectivity index (χ0) is 53.4. The number of aromatic nitrogens is 3. The van der Waals surface area contributed by atoms with Gasteiger partial charge in [-0.1, -0.05) is 24.0 Å². The van der Waals surface area contributed by atoms with E-state index in [4.69, 9.17) is 0 Å². The molecular weight excluding hydrogens is 961 g/mol. The fourth-order valence-electron chi connectivity index (χ4n) is 9.71. The van der Waals surface area contributed by atoms with Gasteiger partial charge in [-0.3, -0.25) is 38.4 Å². The number of anilines is 2. The first-order valence-electron chi connectivity index (χ1n) is 24.2. The molecule has 4 aromatic carbocycles. The van der Waals surface area contributed by atoms with Gasteiger partial charge in [0.15, 0.2) is 6.29 Å². The molecule has 0 bridgehead atoms. The van der Waals surface area contributed by atoms with Crippen LogP contribution < -0.4 is 27.0 Å². The van der Waals surface area contributed by atoms with Gasteiger partial charge in [0, 0.05) is 75.0 Å². The molecule has 2 aliphatic rings. The maximum atomic E-state index is 14.4. The lowest BCUT2D eigenvalue weighted by atomic mass is 9.92. The standard InChI is InChI=1S/C53H53F4N9O6.CH5N/c1-5-65-46(28-36-25-38(53(55,56)57)29-42(48(36)65)50(70)59-39-13-16-43(54)37(26-39)30-67)41-15-14-40(61(2)31-58-62(3)32-68)27-35(41)10-7-6-9-33-19-22-64(23-20-33)24-21-34-11-8-12-44-49(34)63(4)52(72)66(44)45-17-18-47(69)60-51(45)71;1-2/h8,11-16,25-33,45H,5-6,9,17-24H2,1-4H3,(H,59,70)(H,60,69,71);2H2,1H3/b58-31-;. The van der Waals surface area contributed by atoms with E-state index in [1.165, 1.54) is 31.1 Å². The molecule has 74 heavy (non-hydrogen) atoms. The van der Waals surface area contributed by atoms with E-state index in [9.17, 15) is 46.3 Å². The number of alkyl halides is 3. The van der Waals surface area contributed by atoms with Crippen LogP contribution in [0.5, 0.6) is 0 Å². The molecule has 1 atom stereocenters. The van der Waals surface area contributed by atoms with Crippen molar-refractivity contribution in [2.24, 2.45) is 23.8 Å². The van der Waals surface area contributed by atoms with Gasteiger partial charge in [0.25, 0.3) is 5.91 Å². The van der Waals surface area contributed by atoms with Crippen LogP contribution in [0.2, 0.25) is 0 Å². The molecule has 1 unspecified atom stereocenters. The number of hydrazone groups is 1. The third-order valence-electron chi connectivity index (χ3n) is 13.5. The molecule has 4 heterocycles. The SMILES string of the molecule is CCn1c(-c2ccc(N(C)/C=N\N(C)C=O)cc2C#CCCC2CCN(CCc3cccc4c3n(C)c(=O)n4C3CCC(=O)NC3=O)CC2)cc2cc(C(F)(F)F)cc(C(=O)Nc3ccc(F)c(C=O)c3)c21.CN. The Kier molecular flexibility index (Phi) is 17.0. The number of aldehydes is 1. The van der Waals surface area contributed by atoms with E-state index in [1.54, 1.807) is 46.3 Å². The summed E-state index contributed by atoms with van der Waals surface area (Å²) >= 11 is 0. The number of benzene rings is 4. The minimum Gasteiger partial charge on any atom is -0.340 e. The largest absolute Gasteiger partial charge is 0.416 e. The van der Waals surface area contributed by atoms with Crippen molar-refractivity contribution in [3.63, 3.8) is 0 Å². The van der Waals surface area contributed by atoms with Gasteiger partial charge in [0.1, 0.15) is 18.2 Å². The summed E-state index contributed by atoms with van der Waals surface area (Å²) in [6.45, 7) is 4.60. The molecule has 16 nitrogen and oxygen atoms in total. The molecule has 0 radical (unpaired) electrons. The predicted molar refractivity (Wildman–Crippen MR) is 276 cm³/mol. The number of aryl methyl sites for hydroxylation is 2. The van der Waals surface area contributed by atoms with E-state index >= 15 is 0 Å². The zero-order valence-corrected chi connectivity index (χ0v) is 41.8. The fraction of sp³-hybridized carbons (Fsp3) is 0.352. The van der Waals surface area contributed by atoms with Crippen LogP contribution in [-0.2, 0) is 40.6 Å². The number of imide groups is 1. The second kappa shape index (κ2) is 23.3. The number of carbonyl (C=O) groups is 5. The Morgan fingerprint density at radius 2 is 1.73 bits per heavy atom. The number of piperidine rings is 2. The maximum absolute atomic E-state index is 14.4. The highest BCUT2D eigenvalue weighted by Gasteiger charge is 2.34. The van der Waals surface area contributed by atoms with Gasteiger partial charge >= 0.3 is 11.9 Å². The van der Waals surface area contributed by atoms with E-state index in [0.717, 1.165) is 79.3 Å². The average Bonchev–Trinajstić information content (AvgIpc) is 3.90. The first kappa shape index (κ1) is 53.9. The molecule has 0 saturated carbocycles. The molecule has 2 aromatic heterocycles. The predicted octanol–water partition coefficient (Wildman–Crippen LogP) is 7.31. The average molecular weight is 1020 g/mol. The van der Waals surface area contributed by atoms with Crippen molar-refractivity contribution in [1.82, 2.24) is 28.9 Å². The highest BCUT2D eigenvalue weighted by Crippen LogP contribution is 2.39. The minimum atomic E-state index is -4.80. The summed E-state index contributed by atoms with van der Waals surface area (Å²) in [6.07, 6.45) is 1.95. The van der Waals surface area contributed by atoms with Gasteiger partial charge in [-0.2, -0.15) is 18.3 Å². The normalized spacial score (nSPS) is 15.4. The van der Waals surface area contributed by atoms with Gasteiger partial charge in [-0.05, 0) is 131 Å². The third kappa shape index (κ3) is 11.6. The second-order valence-corrected chi connectivity index (χ2v) is 18.1. The molecular formula is C54H58F4N10O6. The first-order valence-corrected chi connectivity index (χ1v) is 24.2. The molecule has 8 rings (SSSR count). The lowest BCUT2D eigenvalue weighted by Gasteiger charge is -2.31. The van der Waals surface area contributed by atoms with Crippen molar-refractivity contribution < 1.29 is 41.5 Å². The molecule has 2 saturated heterocycles. The van der Waals surface area contributed by atoms with Gasteiger partial charge in [0.2, 0.25) is 18.2 Å². The zero-order valence-electron chi connectivity index (χ0n) is 41.8. The molecule has 2 fully saturated rings. The smallest absolute Gasteiger partial charge is 0.340 e. The Morgan fingerprint density at radius 3 is 2.42 bits per heavy atom. The van der Waals surface area contributed by atoms with Crippen LogP contribution in [-0.4, -0.2) is 101 Å². The lowest BCUT2D eigenvalue weighted by molar-refractivity contribution is -0.138. The summed E-state index contributed by atoms with van der Waals surface area (Å²) in [6, 6.07) is 17.1. The summed E-state index contributed by atoms with van der Waals surface area (Å²) < 4.78 is 62.2. The van der Waals surface area contributed by atoms with E-state index in [-0.39, 0.29) is 65.0 Å². The molecule has 0 aliphatic carbocycles. The van der Waals surface area contributed by atoms with Crippen molar-refractivity contribution in [2.45, 2.75) is 70.6 Å². The number of likely N-dealkylation sites (tertiary alicyclic amines) is 1. The Bertz CT molecular complexity index is 3270. The number of para-hydroxylation sites is 1. The molecule has 388 valence electrons. The molecule has 0 spiro atoms. The summed E-state index contributed by atoms with van der Waals surface area (Å²) in [4.78, 5) is 78.6. The minimum absolute atomic E-state index is 0.0241. The topological polar surface area (TPSA) is 189 Å². The fourth-order valence-corrected chi connectivity index (χ4v) is 9.71. The number of nitrogens with one attached hydrogen (secondary N) is 2. The van der Waals surface area contributed by atoms with Crippen LogP contribution in [0.4, 0.5) is 28.9 Å². The third-order valence-corrected chi connectivity index (χ3v) is 13.5. The molecule has 20 heteroatoms. The quantitative estimate of drug-likeness (QED) is 0.0180. The highest BCUT2D eigenvalue weighted by molar-refractivity contribution is 6.13. The van der Waals surface area contributed by atoms with Crippen molar-refractivity contribution in [2.75, 3.05) is 51.0 Å². The van der Waals surface area contributed by atoms with Gasteiger partial charge in [-0.15, -0.1) is 0 Å². The Hall–Kier alpha value is -7.89. The van der Waals surface area contributed by atoms with Crippen molar-refractivity contribution in [1.29, 1.82) is 0 Å². The number of carbonyl (C=O) groups excluding carboxylic acids is 5. The summed E-state index contributed by atoms with van der Waals surface area (Å²) in [7, 11) is 6.44.